The zero-order valence-corrected chi connectivity index (χ0v) is 9.27. The van der Waals surface area contributed by atoms with Crippen molar-refractivity contribution in [1.82, 2.24) is 4.98 Å². The highest BCUT2D eigenvalue weighted by Gasteiger charge is 2.12. The summed E-state index contributed by atoms with van der Waals surface area (Å²) in [7, 11) is 0. The Kier molecular flexibility index (Phi) is 3.14. The summed E-state index contributed by atoms with van der Waals surface area (Å²) in [5.74, 6) is -1.26. The second-order valence-electron chi connectivity index (χ2n) is 3.61. The highest BCUT2D eigenvalue weighted by Crippen LogP contribution is 2.15. The van der Waals surface area contributed by atoms with Gasteiger partial charge in [0.25, 0.3) is 5.91 Å². The minimum Gasteiger partial charge on any atom is -0.322 e. The lowest BCUT2D eigenvalue weighted by Crippen LogP contribution is -2.15. The van der Waals surface area contributed by atoms with Crippen molar-refractivity contribution in [3.8, 4) is 0 Å². The number of hydrogen-bond acceptors (Lipinski definition) is 2. The molecule has 1 N–H and O–H groups in total. The van der Waals surface area contributed by atoms with Gasteiger partial charge in [-0.05, 0) is 30.7 Å². The van der Waals surface area contributed by atoms with Gasteiger partial charge in [-0.2, -0.15) is 4.39 Å². The molecule has 0 aliphatic carbocycles. The van der Waals surface area contributed by atoms with E-state index in [0.29, 0.717) is 5.69 Å². The Bertz CT molecular complexity index is 555. The number of halogens is 1. The van der Waals surface area contributed by atoms with Crippen molar-refractivity contribution in [1.29, 1.82) is 0 Å². The zero-order valence-electron chi connectivity index (χ0n) is 9.27. The van der Waals surface area contributed by atoms with E-state index in [1.807, 2.05) is 25.1 Å². The number of nitrogens with one attached hydrogen (secondary N) is 1. The number of nitrogens with zero attached hydrogens (tertiary/aromatic N) is 1. The number of aryl methyl sites for hydroxylation is 1. The molecular formula is C13H11FN2O. The number of para-hydroxylation sites is 1. The first-order valence-corrected chi connectivity index (χ1v) is 5.16. The van der Waals surface area contributed by atoms with Crippen LogP contribution in [0.3, 0.4) is 0 Å². The van der Waals surface area contributed by atoms with E-state index < -0.39 is 11.9 Å². The number of amides is 1. The summed E-state index contributed by atoms with van der Waals surface area (Å²) in [5, 5.41) is 2.65. The van der Waals surface area contributed by atoms with Gasteiger partial charge in [0.1, 0.15) is 0 Å². The fourth-order valence-corrected chi connectivity index (χ4v) is 1.46. The van der Waals surface area contributed by atoms with Crippen LogP contribution in [-0.4, -0.2) is 10.9 Å². The number of carbonyl (C=O) groups excluding carboxylic acids is 1. The van der Waals surface area contributed by atoms with Crippen LogP contribution in [0.15, 0.2) is 42.6 Å². The average molecular weight is 230 g/mol. The van der Waals surface area contributed by atoms with Crippen LogP contribution in [-0.2, 0) is 0 Å². The summed E-state index contributed by atoms with van der Waals surface area (Å²) in [6.45, 7) is 1.87. The standard InChI is InChI=1S/C13H11FN2O/c1-9-5-2-3-7-11(9)16-13(17)10-6-4-8-15-12(10)14/h2-8H,1H3,(H,16,17). The zero-order chi connectivity index (χ0) is 12.3. The van der Waals surface area contributed by atoms with E-state index in [2.05, 4.69) is 10.3 Å². The van der Waals surface area contributed by atoms with Crippen LogP contribution in [0, 0.1) is 12.9 Å². The minimum absolute atomic E-state index is 0.0595. The van der Waals surface area contributed by atoms with E-state index in [9.17, 15) is 9.18 Å². The van der Waals surface area contributed by atoms with Crippen LogP contribution in [0.2, 0.25) is 0 Å². The number of pyridine rings is 1. The molecule has 0 atom stereocenters. The van der Waals surface area contributed by atoms with Crippen LogP contribution in [0.5, 0.6) is 0 Å². The van der Waals surface area contributed by atoms with Gasteiger partial charge in [-0.15, -0.1) is 0 Å². The molecule has 0 saturated carbocycles. The molecule has 1 amide bonds. The molecule has 0 aliphatic heterocycles. The third kappa shape index (κ3) is 2.47. The fraction of sp³-hybridized carbons (Fsp3) is 0.0769. The molecule has 4 heteroatoms. The maximum atomic E-state index is 13.3. The Labute approximate surface area is 98.3 Å². The second kappa shape index (κ2) is 4.74. The second-order valence-corrected chi connectivity index (χ2v) is 3.61. The molecule has 0 radical (unpaired) electrons. The summed E-state index contributed by atoms with van der Waals surface area (Å²) in [5.41, 5.74) is 1.53. The van der Waals surface area contributed by atoms with E-state index >= 15 is 0 Å². The van der Waals surface area contributed by atoms with Crippen LogP contribution in [0.4, 0.5) is 10.1 Å². The van der Waals surface area contributed by atoms with Gasteiger partial charge in [0.2, 0.25) is 5.95 Å². The number of aromatic nitrogens is 1. The van der Waals surface area contributed by atoms with Crippen molar-refractivity contribution in [2.24, 2.45) is 0 Å². The van der Waals surface area contributed by atoms with E-state index in [0.717, 1.165) is 5.56 Å². The van der Waals surface area contributed by atoms with Crippen molar-refractivity contribution in [3.05, 3.63) is 59.7 Å². The molecule has 2 rings (SSSR count). The number of hydrogen-bond donors (Lipinski definition) is 1. The Hall–Kier alpha value is -2.23. The number of anilines is 1. The summed E-state index contributed by atoms with van der Waals surface area (Å²) < 4.78 is 13.3. The number of carbonyl (C=O) groups is 1. The predicted octanol–water partition coefficient (Wildman–Crippen LogP) is 2.78. The van der Waals surface area contributed by atoms with Gasteiger partial charge in [-0.25, -0.2) is 4.98 Å². The first-order valence-electron chi connectivity index (χ1n) is 5.16. The Morgan fingerprint density at radius 2 is 2.00 bits per heavy atom. The molecule has 1 aromatic heterocycles. The summed E-state index contributed by atoms with van der Waals surface area (Å²) >= 11 is 0. The highest BCUT2D eigenvalue weighted by molar-refractivity contribution is 6.04. The molecule has 17 heavy (non-hydrogen) atoms. The molecule has 0 saturated heterocycles. The highest BCUT2D eigenvalue weighted by atomic mass is 19.1. The molecular weight excluding hydrogens is 219 g/mol. The summed E-state index contributed by atoms with van der Waals surface area (Å²) in [6.07, 6.45) is 1.31. The van der Waals surface area contributed by atoms with E-state index in [4.69, 9.17) is 0 Å². The SMILES string of the molecule is Cc1ccccc1NC(=O)c1cccnc1F. The van der Waals surface area contributed by atoms with Crippen molar-refractivity contribution < 1.29 is 9.18 Å². The van der Waals surface area contributed by atoms with E-state index in [1.165, 1.54) is 18.3 Å². The van der Waals surface area contributed by atoms with Crippen molar-refractivity contribution in [2.75, 3.05) is 5.32 Å². The Morgan fingerprint density at radius 1 is 1.24 bits per heavy atom. The first-order chi connectivity index (χ1) is 8.18. The van der Waals surface area contributed by atoms with Crippen LogP contribution in [0.25, 0.3) is 0 Å². The molecule has 1 aromatic carbocycles. The lowest BCUT2D eigenvalue weighted by Gasteiger charge is -2.07. The lowest BCUT2D eigenvalue weighted by atomic mass is 10.2. The third-order valence-corrected chi connectivity index (χ3v) is 2.40. The van der Waals surface area contributed by atoms with Crippen LogP contribution >= 0.6 is 0 Å². The van der Waals surface area contributed by atoms with Crippen molar-refractivity contribution >= 4 is 11.6 Å². The molecule has 3 nitrogen and oxygen atoms in total. The van der Waals surface area contributed by atoms with E-state index in [1.54, 1.807) is 6.07 Å². The summed E-state index contributed by atoms with van der Waals surface area (Å²) in [6, 6.07) is 10.2. The molecule has 0 aliphatic rings. The van der Waals surface area contributed by atoms with Gasteiger partial charge < -0.3 is 5.32 Å². The lowest BCUT2D eigenvalue weighted by molar-refractivity contribution is 0.102. The first kappa shape index (κ1) is 11.3. The molecule has 0 unspecified atom stereocenters. The molecule has 0 spiro atoms. The quantitative estimate of drug-likeness (QED) is 0.806. The summed E-state index contributed by atoms with van der Waals surface area (Å²) in [4.78, 5) is 15.2. The van der Waals surface area contributed by atoms with E-state index in [-0.39, 0.29) is 5.56 Å². The van der Waals surface area contributed by atoms with Crippen LogP contribution < -0.4 is 5.32 Å². The smallest absolute Gasteiger partial charge is 0.260 e. The average Bonchev–Trinajstić information content (AvgIpc) is 2.32. The normalized spacial score (nSPS) is 10.0. The molecule has 1 heterocycles. The third-order valence-electron chi connectivity index (χ3n) is 2.40. The van der Waals surface area contributed by atoms with Gasteiger partial charge in [0, 0.05) is 11.9 Å². The van der Waals surface area contributed by atoms with Gasteiger partial charge in [0.05, 0.1) is 5.56 Å². The maximum absolute atomic E-state index is 13.3. The van der Waals surface area contributed by atoms with Gasteiger partial charge in [0.15, 0.2) is 0 Å². The van der Waals surface area contributed by atoms with Gasteiger partial charge in [-0.1, -0.05) is 18.2 Å². The molecule has 0 bridgehead atoms. The Morgan fingerprint density at radius 3 is 2.71 bits per heavy atom. The largest absolute Gasteiger partial charge is 0.322 e. The molecule has 86 valence electrons. The maximum Gasteiger partial charge on any atom is 0.260 e. The van der Waals surface area contributed by atoms with Gasteiger partial charge in [-0.3, -0.25) is 4.79 Å². The monoisotopic (exact) mass is 230 g/mol. The molecule has 2 aromatic rings. The van der Waals surface area contributed by atoms with Gasteiger partial charge >= 0.3 is 0 Å². The Balaban J connectivity index is 2.24. The van der Waals surface area contributed by atoms with Crippen LogP contribution in [0.1, 0.15) is 15.9 Å². The fourth-order valence-electron chi connectivity index (χ4n) is 1.46. The van der Waals surface area contributed by atoms with Crippen molar-refractivity contribution in [3.63, 3.8) is 0 Å². The predicted molar refractivity (Wildman–Crippen MR) is 63.3 cm³/mol. The number of rotatable bonds is 2. The number of benzene rings is 1. The molecule has 0 fully saturated rings. The topological polar surface area (TPSA) is 42.0 Å². The van der Waals surface area contributed by atoms with Crippen molar-refractivity contribution in [2.45, 2.75) is 6.92 Å². The minimum atomic E-state index is -0.765.